The summed E-state index contributed by atoms with van der Waals surface area (Å²) in [7, 11) is 0. The van der Waals surface area contributed by atoms with Crippen molar-refractivity contribution in [1.82, 2.24) is 4.90 Å². The van der Waals surface area contributed by atoms with Crippen molar-refractivity contribution in [2.45, 2.75) is 188 Å². The maximum Gasteiger partial charge on any atom is 0.508 e. The van der Waals surface area contributed by atoms with Gasteiger partial charge in [-0.05, 0) is 83.7 Å². The van der Waals surface area contributed by atoms with E-state index in [1.54, 1.807) is 0 Å². The van der Waals surface area contributed by atoms with Crippen LogP contribution in [0.4, 0.5) is 4.79 Å². The molecule has 60 heavy (non-hydrogen) atoms. The number of terminal acetylenes is 2. The van der Waals surface area contributed by atoms with Crippen molar-refractivity contribution in [2.24, 2.45) is 5.92 Å². The monoisotopic (exact) mass is 844 g/mol. The predicted octanol–water partition coefficient (Wildman–Crippen LogP) is 11.7. The number of hydrogen-bond acceptors (Lipinski definition) is 10. The molecule has 0 aromatic carbocycles. The summed E-state index contributed by atoms with van der Waals surface area (Å²) in [6.07, 6.45) is 41.4. The Morgan fingerprint density at radius 1 is 0.550 bits per heavy atom. The first kappa shape index (κ1) is 56.7. The molecule has 344 valence electrons. The molecule has 0 aliphatic heterocycles. The molecule has 10 nitrogen and oxygen atoms in total. The maximum atomic E-state index is 12.9. The Balaban J connectivity index is 4.85. The molecule has 0 N–H and O–H groups in total. The van der Waals surface area contributed by atoms with Gasteiger partial charge in [0.25, 0.3) is 0 Å². The number of hydrogen-bond donors (Lipinski definition) is 0. The molecule has 0 aliphatic carbocycles. The largest absolute Gasteiger partial charge is 0.508 e. The molecule has 0 aliphatic rings. The molecule has 0 amide bonds. The van der Waals surface area contributed by atoms with E-state index in [1.165, 1.54) is 25.7 Å². The van der Waals surface area contributed by atoms with Crippen LogP contribution in [-0.2, 0) is 38.0 Å². The zero-order valence-electron chi connectivity index (χ0n) is 38.3. The van der Waals surface area contributed by atoms with Crippen molar-refractivity contribution in [3.05, 3.63) is 24.3 Å². The summed E-state index contributed by atoms with van der Waals surface area (Å²) in [4.78, 5) is 40.2. The average Bonchev–Trinajstić information content (AvgIpc) is 3.25. The zero-order valence-corrected chi connectivity index (χ0v) is 38.3. The molecule has 0 heterocycles. The van der Waals surface area contributed by atoms with E-state index < -0.39 is 24.3 Å². The average molecular weight is 844 g/mol. The second-order valence-electron chi connectivity index (χ2n) is 15.4. The number of ether oxygens (including phenoxy) is 6. The van der Waals surface area contributed by atoms with Crippen molar-refractivity contribution in [1.29, 1.82) is 0 Å². The molecular formula is C50H85NO9. The van der Waals surface area contributed by atoms with Crippen molar-refractivity contribution >= 4 is 18.1 Å². The summed E-state index contributed by atoms with van der Waals surface area (Å²) < 4.78 is 33.8. The minimum Gasteiger partial charge on any atom is -0.465 e. The number of carbonyl (C=O) groups excluding carboxylic acids is 3. The fraction of sp³-hybridized carbons (Fsp3) is 0.780. The van der Waals surface area contributed by atoms with Crippen LogP contribution in [0.15, 0.2) is 24.3 Å². The zero-order chi connectivity index (χ0) is 44.0. The van der Waals surface area contributed by atoms with Gasteiger partial charge in [-0.2, -0.15) is 0 Å². The lowest BCUT2D eigenvalue weighted by Gasteiger charge is -2.20. The van der Waals surface area contributed by atoms with Crippen LogP contribution < -0.4 is 0 Å². The molecule has 0 aromatic heterocycles. The van der Waals surface area contributed by atoms with Gasteiger partial charge in [-0.15, -0.1) is 24.7 Å². The molecular weight excluding hydrogens is 759 g/mol. The first-order valence-electron chi connectivity index (χ1n) is 23.6. The first-order chi connectivity index (χ1) is 29.4. The number of rotatable bonds is 43. The molecule has 0 radical (unpaired) electrons. The van der Waals surface area contributed by atoms with Gasteiger partial charge < -0.3 is 33.3 Å². The highest BCUT2D eigenvalue weighted by molar-refractivity contribution is 5.69. The fourth-order valence-electron chi connectivity index (χ4n) is 6.25. The van der Waals surface area contributed by atoms with Crippen LogP contribution >= 0.6 is 0 Å². The Kier molecular flexibility index (Phi) is 42.7. The van der Waals surface area contributed by atoms with E-state index in [0.717, 1.165) is 129 Å². The summed E-state index contributed by atoms with van der Waals surface area (Å²) in [6.45, 7) is 10.2. The van der Waals surface area contributed by atoms with Crippen LogP contribution in [0.3, 0.4) is 0 Å². The van der Waals surface area contributed by atoms with Crippen molar-refractivity contribution in [3.8, 4) is 24.7 Å². The van der Waals surface area contributed by atoms with Gasteiger partial charge in [-0.1, -0.05) is 103 Å². The summed E-state index contributed by atoms with van der Waals surface area (Å²) in [6, 6.07) is 0. The van der Waals surface area contributed by atoms with Crippen LogP contribution in [0.25, 0.3) is 0 Å². The molecule has 10 heteroatoms. The quantitative estimate of drug-likeness (QED) is 0.0147. The van der Waals surface area contributed by atoms with Crippen molar-refractivity contribution < 1.29 is 42.8 Å². The molecule has 0 rings (SSSR count). The number of nitrogens with zero attached hydrogens (tertiary/aromatic N) is 1. The SMILES string of the molecule is C#CCCCCCCOC(CCC(=O)OCC(COC(=O)CCCCCCC/C=C\C/C=C\CCCCC)COC(=O)OCCCN(CC)CC)OCCCCCCC#C. The number of unbranched alkanes of at least 4 members (excludes halogenated alkanes) is 16. The fourth-order valence-corrected chi connectivity index (χ4v) is 6.25. The van der Waals surface area contributed by atoms with Crippen molar-refractivity contribution in [3.63, 3.8) is 0 Å². The van der Waals surface area contributed by atoms with Gasteiger partial charge in [0.2, 0.25) is 0 Å². The van der Waals surface area contributed by atoms with Gasteiger partial charge in [0, 0.05) is 45.4 Å². The first-order valence-corrected chi connectivity index (χ1v) is 23.6. The van der Waals surface area contributed by atoms with Crippen LogP contribution in [0.1, 0.15) is 181 Å². The Labute approximate surface area is 366 Å². The Morgan fingerprint density at radius 3 is 1.65 bits per heavy atom. The highest BCUT2D eigenvalue weighted by Gasteiger charge is 2.20. The van der Waals surface area contributed by atoms with E-state index in [-0.39, 0.29) is 38.8 Å². The standard InChI is InChI=1S/C50H85NO9/c1-6-11-14-17-20-21-22-23-24-25-26-27-28-29-32-36-47(52)58-43-46(45-60-50(54)57-42-35-39-51(9-4)10-5)44-59-48(53)37-38-49(55-40-33-30-18-15-12-7-2)56-41-34-31-19-16-13-8-3/h2-3,20-21,23-24,46,49H,6,9-19,22,25-45H2,1,4-5H3/b21-20-,24-23-. The Bertz CT molecular complexity index is 1130. The summed E-state index contributed by atoms with van der Waals surface area (Å²) in [5.74, 6) is 4.05. The lowest BCUT2D eigenvalue weighted by molar-refractivity contribution is -0.161. The van der Waals surface area contributed by atoms with Crippen LogP contribution in [0.2, 0.25) is 0 Å². The van der Waals surface area contributed by atoms with Crippen molar-refractivity contribution in [2.75, 3.05) is 59.3 Å². The van der Waals surface area contributed by atoms with Gasteiger partial charge in [-0.3, -0.25) is 9.59 Å². The summed E-state index contributed by atoms with van der Waals surface area (Å²) >= 11 is 0. The second kappa shape index (κ2) is 45.2. The van der Waals surface area contributed by atoms with E-state index in [1.807, 2.05) is 0 Å². The molecule has 0 saturated carbocycles. The lowest BCUT2D eigenvalue weighted by Crippen LogP contribution is -2.28. The van der Waals surface area contributed by atoms with E-state index in [4.69, 9.17) is 41.3 Å². The lowest BCUT2D eigenvalue weighted by atomic mass is 10.1. The van der Waals surface area contributed by atoms with E-state index in [2.05, 4.69) is 61.8 Å². The molecule has 1 atom stereocenters. The van der Waals surface area contributed by atoms with Crippen LogP contribution in [0.5, 0.6) is 0 Å². The topological polar surface area (TPSA) is 110 Å². The molecule has 1 unspecified atom stereocenters. The summed E-state index contributed by atoms with van der Waals surface area (Å²) in [5.41, 5.74) is 0. The Morgan fingerprint density at radius 2 is 1.07 bits per heavy atom. The molecule has 0 saturated heterocycles. The second-order valence-corrected chi connectivity index (χ2v) is 15.4. The van der Waals surface area contributed by atoms with Gasteiger partial charge in [0.05, 0.1) is 18.9 Å². The number of carbonyl (C=O) groups is 3. The van der Waals surface area contributed by atoms with Gasteiger partial charge in [-0.25, -0.2) is 4.79 Å². The molecule has 0 bridgehead atoms. The third kappa shape index (κ3) is 40.1. The molecule has 0 aromatic rings. The normalized spacial score (nSPS) is 11.9. The number of allylic oxidation sites excluding steroid dienone is 4. The van der Waals surface area contributed by atoms with E-state index in [0.29, 0.717) is 32.5 Å². The smallest absolute Gasteiger partial charge is 0.465 e. The van der Waals surface area contributed by atoms with Crippen LogP contribution in [0, 0.1) is 30.6 Å². The van der Waals surface area contributed by atoms with Gasteiger partial charge in [0.15, 0.2) is 6.29 Å². The Hall–Kier alpha value is -3.31. The van der Waals surface area contributed by atoms with E-state index in [9.17, 15) is 14.4 Å². The maximum absolute atomic E-state index is 12.9. The highest BCUT2D eigenvalue weighted by Crippen LogP contribution is 2.13. The van der Waals surface area contributed by atoms with Crippen LogP contribution in [-0.4, -0.2) is 88.6 Å². The minimum absolute atomic E-state index is 0.0425. The predicted molar refractivity (Wildman–Crippen MR) is 243 cm³/mol. The molecule has 0 spiro atoms. The van der Waals surface area contributed by atoms with Gasteiger partial charge >= 0.3 is 18.1 Å². The minimum atomic E-state index is -0.799. The molecule has 0 fully saturated rings. The van der Waals surface area contributed by atoms with Gasteiger partial charge in [0.1, 0.15) is 19.8 Å². The third-order valence-corrected chi connectivity index (χ3v) is 10.1. The van der Waals surface area contributed by atoms with E-state index >= 15 is 0 Å². The number of esters is 2. The summed E-state index contributed by atoms with van der Waals surface area (Å²) in [5, 5.41) is 0. The highest BCUT2D eigenvalue weighted by atomic mass is 16.7. The third-order valence-electron chi connectivity index (χ3n) is 10.1.